The normalized spacial score (nSPS) is 11.5. The Hall–Kier alpha value is -1.56. The lowest BCUT2D eigenvalue weighted by Gasteiger charge is -2.06. The summed E-state index contributed by atoms with van der Waals surface area (Å²) < 4.78 is 0. The van der Waals surface area contributed by atoms with E-state index in [1.807, 2.05) is 0 Å². The molecule has 0 aliphatic heterocycles. The predicted molar refractivity (Wildman–Crippen MR) is 109 cm³/mol. The first kappa shape index (κ1) is 18.8. The van der Waals surface area contributed by atoms with Gasteiger partial charge in [0.25, 0.3) is 0 Å². The van der Waals surface area contributed by atoms with Crippen LogP contribution in [0.25, 0.3) is 10.8 Å². The molecular weight excluding hydrogens is 288 g/mol. The van der Waals surface area contributed by atoms with Crippen LogP contribution in [0.1, 0.15) is 76.7 Å². The van der Waals surface area contributed by atoms with Crippen molar-refractivity contribution in [2.45, 2.75) is 77.6 Å². The fraction of sp³-hybridized carbons (Fsp3) is 0.500. The summed E-state index contributed by atoms with van der Waals surface area (Å²) in [4.78, 5) is 0. The van der Waals surface area contributed by atoms with Gasteiger partial charge in [0, 0.05) is 0 Å². The molecular formula is C24H34. The maximum atomic E-state index is 2.39. The van der Waals surface area contributed by atoms with Crippen LogP contribution < -0.4 is 0 Å². The summed E-state index contributed by atoms with van der Waals surface area (Å²) in [7, 11) is 0. The van der Waals surface area contributed by atoms with Crippen LogP contribution in [0, 0.1) is 0 Å². The van der Waals surface area contributed by atoms with Crippen molar-refractivity contribution < 1.29 is 0 Å². The van der Waals surface area contributed by atoms with Crippen molar-refractivity contribution in [2.24, 2.45) is 0 Å². The van der Waals surface area contributed by atoms with Gasteiger partial charge in [0.2, 0.25) is 0 Å². The molecule has 0 fully saturated rings. The van der Waals surface area contributed by atoms with Gasteiger partial charge in [-0.1, -0.05) is 93.6 Å². The number of hydrogen-bond donors (Lipinski definition) is 0. The predicted octanol–water partition coefficient (Wildman–Crippen LogP) is 7.86. The van der Waals surface area contributed by atoms with Gasteiger partial charge in [-0.2, -0.15) is 0 Å². The molecule has 0 heterocycles. The number of rotatable bonds is 12. The monoisotopic (exact) mass is 322 g/mol. The van der Waals surface area contributed by atoms with Gasteiger partial charge in [0.1, 0.15) is 0 Å². The first-order valence-corrected chi connectivity index (χ1v) is 10.0. The molecule has 0 nitrogen and oxygen atoms in total. The van der Waals surface area contributed by atoms with Gasteiger partial charge in [-0.05, 0) is 54.9 Å². The molecule has 0 radical (unpaired) electrons. The molecule has 0 N–H and O–H groups in total. The van der Waals surface area contributed by atoms with Crippen LogP contribution in [-0.2, 0) is 6.42 Å². The molecule has 0 aromatic heterocycles. The number of allylic oxidation sites excluding steroid dienone is 2. The average molecular weight is 323 g/mol. The van der Waals surface area contributed by atoms with Gasteiger partial charge in [0.15, 0.2) is 0 Å². The molecule has 0 atom stereocenters. The summed E-state index contributed by atoms with van der Waals surface area (Å²) in [5.41, 5.74) is 1.52. The Bertz CT molecular complexity index is 589. The Morgan fingerprint density at radius 1 is 0.667 bits per heavy atom. The molecule has 130 valence electrons. The number of fused-ring (bicyclic) bond motifs is 1. The van der Waals surface area contributed by atoms with Crippen LogP contribution in [0.4, 0.5) is 0 Å². The summed E-state index contributed by atoms with van der Waals surface area (Å²) in [6.45, 7) is 2.27. The van der Waals surface area contributed by atoms with Gasteiger partial charge < -0.3 is 0 Å². The molecule has 0 unspecified atom stereocenters. The van der Waals surface area contributed by atoms with Gasteiger partial charge in [0.05, 0.1) is 0 Å². The molecule has 0 bridgehead atoms. The molecule has 24 heavy (non-hydrogen) atoms. The topological polar surface area (TPSA) is 0 Å². The molecule has 0 saturated carbocycles. The molecule has 0 saturated heterocycles. The SMILES string of the molecule is CCCCC/C=C/CCCCCCCc1cccc2ccccc12. The van der Waals surface area contributed by atoms with E-state index in [1.165, 1.54) is 87.0 Å². The van der Waals surface area contributed by atoms with Gasteiger partial charge >= 0.3 is 0 Å². The van der Waals surface area contributed by atoms with Crippen LogP contribution in [0.3, 0.4) is 0 Å². The quantitative estimate of drug-likeness (QED) is 0.275. The Labute approximate surface area is 149 Å². The Morgan fingerprint density at radius 3 is 2.17 bits per heavy atom. The first-order chi connectivity index (χ1) is 11.9. The van der Waals surface area contributed by atoms with Gasteiger partial charge in [-0.15, -0.1) is 0 Å². The van der Waals surface area contributed by atoms with Crippen molar-refractivity contribution in [1.82, 2.24) is 0 Å². The lowest BCUT2D eigenvalue weighted by Crippen LogP contribution is -1.88. The van der Waals surface area contributed by atoms with Gasteiger partial charge in [-0.25, -0.2) is 0 Å². The smallest absolute Gasteiger partial charge is 0.0152 e. The number of unbranched alkanes of at least 4 members (excludes halogenated alkanes) is 8. The van der Waals surface area contributed by atoms with Crippen LogP contribution in [0.2, 0.25) is 0 Å². The van der Waals surface area contributed by atoms with E-state index in [0.717, 1.165) is 0 Å². The molecule has 0 aliphatic carbocycles. The Balaban J connectivity index is 1.54. The van der Waals surface area contributed by atoms with Crippen molar-refractivity contribution in [3.8, 4) is 0 Å². The number of benzene rings is 2. The van der Waals surface area contributed by atoms with E-state index in [0.29, 0.717) is 0 Å². The van der Waals surface area contributed by atoms with Crippen LogP contribution in [0.15, 0.2) is 54.6 Å². The number of hydrogen-bond acceptors (Lipinski definition) is 0. The lowest BCUT2D eigenvalue weighted by molar-refractivity contribution is 0.618. The second-order valence-corrected chi connectivity index (χ2v) is 6.91. The molecule has 0 amide bonds. The summed E-state index contributed by atoms with van der Waals surface area (Å²) in [5, 5.41) is 2.81. The largest absolute Gasteiger partial charge is 0.0885 e. The Morgan fingerprint density at radius 2 is 1.33 bits per heavy atom. The standard InChI is InChI=1S/C24H34/c1-2-3-4-5-6-7-8-9-10-11-12-13-17-22-19-16-20-23-18-14-15-21-24(22)23/h6-7,14-16,18-21H,2-5,8-13,17H2,1H3/b7-6+. The van der Waals surface area contributed by atoms with E-state index in [2.05, 4.69) is 61.5 Å². The van der Waals surface area contributed by atoms with Crippen LogP contribution >= 0.6 is 0 Å². The van der Waals surface area contributed by atoms with E-state index in [-0.39, 0.29) is 0 Å². The van der Waals surface area contributed by atoms with Crippen molar-refractivity contribution in [3.05, 3.63) is 60.2 Å². The van der Waals surface area contributed by atoms with E-state index in [4.69, 9.17) is 0 Å². The average Bonchev–Trinajstić information content (AvgIpc) is 2.63. The lowest BCUT2D eigenvalue weighted by atomic mass is 9.99. The van der Waals surface area contributed by atoms with E-state index in [9.17, 15) is 0 Å². The van der Waals surface area contributed by atoms with Crippen molar-refractivity contribution in [3.63, 3.8) is 0 Å². The van der Waals surface area contributed by atoms with E-state index >= 15 is 0 Å². The zero-order valence-electron chi connectivity index (χ0n) is 15.5. The molecule has 2 aromatic carbocycles. The van der Waals surface area contributed by atoms with Crippen LogP contribution in [0.5, 0.6) is 0 Å². The second-order valence-electron chi connectivity index (χ2n) is 6.91. The van der Waals surface area contributed by atoms with Crippen LogP contribution in [-0.4, -0.2) is 0 Å². The minimum atomic E-state index is 1.22. The third kappa shape index (κ3) is 6.91. The summed E-state index contributed by atoms with van der Waals surface area (Å²) in [6, 6.07) is 15.5. The fourth-order valence-electron chi connectivity index (χ4n) is 3.37. The first-order valence-electron chi connectivity index (χ1n) is 10.0. The zero-order chi connectivity index (χ0) is 16.9. The molecule has 2 rings (SSSR count). The highest BCUT2D eigenvalue weighted by Crippen LogP contribution is 2.20. The van der Waals surface area contributed by atoms with Crippen molar-refractivity contribution in [1.29, 1.82) is 0 Å². The highest BCUT2D eigenvalue weighted by atomic mass is 14.0. The van der Waals surface area contributed by atoms with Crippen molar-refractivity contribution >= 4 is 10.8 Å². The van der Waals surface area contributed by atoms with E-state index < -0.39 is 0 Å². The highest BCUT2D eigenvalue weighted by Gasteiger charge is 2.00. The number of aryl methyl sites for hydroxylation is 1. The van der Waals surface area contributed by atoms with Crippen molar-refractivity contribution in [2.75, 3.05) is 0 Å². The minimum Gasteiger partial charge on any atom is -0.0885 e. The Kier molecular flexibility index (Phi) is 9.31. The summed E-state index contributed by atoms with van der Waals surface area (Å²) in [6.07, 6.45) is 19.4. The van der Waals surface area contributed by atoms with Gasteiger partial charge in [-0.3, -0.25) is 0 Å². The summed E-state index contributed by atoms with van der Waals surface area (Å²) in [5.74, 6) is 0. The molecule has 0 heteroatoms. The highest BCUT2D eigenvalue weighted by molar-refractivity contribution is 5.85. The third-order valence-electron chi connectivity index (χ3n) is 4.84. The zero-order valence-corrected chi connectivity index (χ0v) is 15.5. The third-order valence-corrected chi connectivity index (χ3v) is 4.84. The van der Waals surface area contributed by atoms with E-state index in [1.54, 1.807) is 0 Å². The fourth-order valence-corrected chi connectivity index (χ4v) is 3.37. The minimum absolute atomic E-state index is 1.22. The second kappa shape index (κ2) is 11.9. The maximum absolute atomic E-state index is 2.39. The molecule has 0 aliphatic rings. The maximum Gasteiger partial charge on any atom is -0.0152 e. The summed E-state index contributed by atoms with van der Waals surface area (Å²) >= 11 is 0. The molecule has 0 spiro atoms. The molecule has 2 aromatic rings.